The molecule has 1 aromatic rings. The standard InChI is InChI=1S/C12H18BrN3O/c1-5-16(4)8-14-11-7-10(13)12(17-6-2)15-9(11)3/h7-8H,5-6H2,1-4H3/b14-8+. The van der Waals surface area contributed by atoms with E-state index in [9.17, 15) is 0 Å². The highest BCUT2D eigenvalue weighted by molar-refractivity contribution is 9.10. The summed E-state index contributed by atoms with van der Waals surface area (Å²) in [4.78, 5) is 10.8. The molecule has 94 valence electrons. The smallest absolute Gasteiger partial charge is 0.228 e. The maximum atomic E-state index is 5.40. The highest BCUT2D eigenvalue weighted by atomic mass is 79.9. The van der Waals surface area contributed by atoms with Crippen molar-refractivity contribution in [3.63, 3.8) is 0 Å². The van der Waals surface area contributed by atoms with E-state index in [2.05, 4.69) is 32.8 Å². The molecule has 0 aliphatic carbocycles. The van der Waals surface area contributed by atoms with Crippen LogP contribution in [0.15, 0.2) is 15.5 Å². The van der Waals surface area contributed by atoms with Gasteiger partial charge in [-0.2, -0.15) is 0 Å². The minimum atomic E-state index is 0.603. The molecule has 0 atom stereocenters. The van der Waals surface area contributed by atoms with E-state index in [1.54, 1.807) is 6.34 Å². The molecular formula is C12H18BrN3O. The molecule has 0 saturated carbocycles. The average molecular weight is 300 g/mol. The summed E-state index contributed by atoms with van der Waals surface area (Å²) in [6.07, 6.45) is 1.80. The Balaban J connectivity index is 2.95. The number of hydrogen-bond donors (Lipinski definition) is 0. The fourth-order valence-corrected chi connectivity index (χ4v) is 1.58. The Morgan fingerprint density at radius 2 is 2.24 bits per heavy atom. The van der Waals surface area contributed by atoms with Crippen molar-refractivity contribution in [2.75, 3.05) is 20.2 Å². The number of nitrogens with zero attached hydrogens (tertiary/aromatic N) is 3. The van der Waals surface area contributed by atoms with Gasteiger partial charge in [0.05, 0.1) is 28.8 Å². The zero-order valence-electron chi connectivity index (χ0n) is 10.7. The molecule has 0 fully saturated rings. The first-order valence-electron chi connectivity index (χ1n) is 5.62. The molecule has 1 heterocycles. The number of aryl methyl sites for hydroxylation is 1. The molecule has 0 N–H and O–H groups in total. The monoisotopic (exact) mass is 299 g/mol. The predicted molar refractivity (Wildman–Crippen MR) is 74.3 cm³/mol. The third-order valence-electron chi connectivity index (χ3n) is 2.28. The van der Waals surface area contributed by atoms with Crippen molar-refractivity contribution in [1.82, 2.24) is 9.88 Å². The van der Waals surface area contributed by atoms with E-state index in [-0.39, 0.29) is 0 Å². The Morgan fingerprint density at radius 1 is 1.53 bits per heavy atom. The van der Waals surface area contributed by atoms with Gasteiger partial charge in [-0.25, -0.2) is 9.98 Å². The quantitative estimate of drug-likeness (QED) is 0.619. The Bertz CT molecular complexity index is 407. The van der Waals surface area contributed by atoms with Crippen LogP contribution in [-0.4, -0.2) is 36.4 Å². The summed E-state index contributed by atoms with van der Waals surface area (Å²) >= 11 is 3.43. The number of rotatable bonds is 5. The maximum absolute atomic E-state index is 5.40. The molecule has 0 bridgehead atoms. The average Bonchev–Trinajstić information content (AvgIpc) is 2.31. The summed E-state index contributed by atoms with van der Waals surface area (Å²) < 4.78 is 6.23. The molecule has 17 heavy (non-hydrogen) atoms. The first-order chi connectivity index (χ1) is 8.08. The van der Waals surface area contributed by atoms with E-state index in [1.807, 2.05) is 31.9 Å². The second-order valence-electron chi connectivity index (χ2n) is 3.63. The number of ether oxygens (including phenoxy) is 1. The van der Waals surface area contributed by atoms with Gasteiger partial charge in [-0.05, 0) is 42.8 Å². The lowest BCUT2D eigenvalue weighted by Gasteiger charge is -2.10. The van der Waals surface area contributed by atoms with Gasteiger partial charge in [0, 0.05) is 13.6 Å². The summed E-state index contributed by atoms with van der Waals surface area (Å²) in [5, 5.41) is 0. The fourth-order valence-electron chi connectivity index (χ4n) is 1.16. The first kappa shape index (κ1) is 14.0. The van der Waals surface area contributed by atoms with E-state index >= 15 is 0 Å². The molecule has 0 unspecified atom stereocenters. The van der Waals surface area contributed by atoms with Crippen LogP contribution >= 0.6 is 15.9 Å². The number of halogens is 1. The maximum Gasteiger partial charge on any atom is 0.228 e. The van der Waals surface area contributed by atoms with Gasteiger partial charge >= 0.3 is 0 Å². The molecule has 0 radical (unpaired) electrons. The summed E-state index contributed by atoms with van der Waals surface area (Å²) in [5.74, 6) is 0.618. The summed E-state index contributed by atoms with van der Waals surface area (Å²) in [7, 11) is 1.98. The van der Waals surface area contributed by atoms with Crippen LogP contribution in [0.25, 0.3) is 0 Å². The lowest BCUT2D eigenvalue weighted by atomic mass is 10.3. The van der Waals surface area contributed by atoms with E-state index in [0.29, 0.717) is 12.5 Å². The van der Waals surface area contributed by atoms with Crippen molar-refractivity contribution in [2.24, 2.45) is 4.99 Å². The second kappa shape index (κ2) is 6.59. The first-order valence-corrected chi connectivity index (χ1v) is 6.42. The van der Waals surface area contributed by atoms with Crippen molar-refractivity contribution in [1.29, 1.82) is 0 Å². The molecule has 0 amide bonds. The van der Waals surface area contributed by atoms with Crippen LogP contribution in [0.1, 0.15) is 19.5 Å². The molecule has 0 spiro atoms. The predicted octanol–water partition coefficient (Wildman–Crippen LogP) is 3.16. The van der Waals surface area contributed by atoms with E-state index in [1.165, 1.54) is 0 Å². The summed E-state index contributed by atoms with van der Waals surface area (Å²) in [5.41, 5.74) is 1.71. The molecular weight excluding hydrogens is 282 g/mol. The van der Waals surface area contributed by atoms with Gasteiger partial charge in [0.15, 0.2) is 0 Å². The molecule has 0 saturated heterocycles. The highest BCUT2D eigenvalue weighted by Gasteiger charge is 2.07. The zero-order valence-corrected chi connectivity index (χ0v) is 12.3. The second-order valence-corrected chi connectivity index (χ2v) is 4.49. The Kier molecular flexibility index (Phi) is 5.41. The van der Waals surface area contributed by atoms with Crippen LogP contribution in [0.2, 0.25) is 0 Å². The number of aromatic nitrogens is 1. The van der Waals surface area contributed by atoms with Gasteiger partial charge in [-0.3, -0.25) is 0 Å². The van der Waals surface area contributed by atoms with Crippen LogP contribution < -0.4 is 4.74 Å². The topological polar surface area (TPSA) is 37.7 Å². The normalized spacial score (nSPS) is 10.9. The van der Waals surface area contributed by atoms with Crippen LogP contribution in [0.5, 0.6) is 5.88 Å². The van der Waals surface area contributed by atoms with Gasteiger partial charge in [0.25, 0.3) is 0 Å². The van der Waals surface area contributed by atoms with Crippen LogP contribution in [0, 0.1) is 6.92 Å². The minimum absolute atomic E-state index is 0.603. The van der Waals surface area contributed by atoms with Crippen molar-refractivity contribution in [3.05, 3.63) is 16.2 Å². The van der Waals surface area contributed by atoms with E-state index < -0.39 is 0 Å². The highest BCUT2D eigenvalue weighted by Crippen LogP contribution is 2.29. The molecule has 0 aliphatic rings. The zero-order chi connectivity index (χ0) is 12.8. The molecule has 0 aliphatic heterocycles. The van der Waals surface area contributed by atoms with Crippen LogP contribution in [0.3, 0.4) is 0 Å². The van der Waals surface area contributed by atoms with Gasteiger partial charge in [0.1, 0.15) is 0 Å². The van der Waals surface area contributed by atoms with Crippen molar-refractivity contribution in [3.8, 4) is 5.88 Å². The van der Waals surface area contributed by atoms with Crippen LogP contribution in [-0.2, 0) is 0 Å². The van der Waals surface area contributed by atoms with Crippen molar-refractivity contribution < 1.29 is 4.74 Å². The van der Waals surface area contributed by atoms with Crippen molar-refractivity contribution >= 4 is 28.0 Å². The molecule has 5 heteroatoms. The van der Waals surface area contributed by atoms with Gasteiger partial charge < -0.3 is 9.64 Å². The molecule has 4 nitrogen and oxygen atoms in total. The molecule has 0 aromatic carbocycles. The Labute approximate surface area is 111 Å². The summed E-state index contributed by atoms with van der Waals surface area (Å²) in [6.45, 7) is 7.46. The third-order valence-corrected chi connectivity index (χ3v) is 2.85. The number of aliphatic imine (C=N–C) groups is 1. The van der Waals surface area contributed by atoms with E-state index in [4.69, 9.17) is 4.74 Å². The fraction of sp³-hybridized carbons (Fsp3) is 0.500. The van der Waals surface area contributed by atoms with Gasteiger partial charge in [-0.1, -0.05) is 0 Å². The number of hydrogen-bond acceptors (Lipinski definition) is 3. The minimum Gasteiger partial charge on any atom is -0.477 e. The Morgan fingerprint density at radius 3 is 2.82 bits per heavy atom. The lowest BCUT2D eigenvalue weighted by molar-refractivity contribution is 0.324. The SMILES string of the molecule is CCOc1nc(C)c(/N=C/N(C)CC)cc1Br. The van der Waals surface area contributed by atoms with Gasteiger partial charge in [0.2, 0.25) is 5.88 Å². The summed E-state index contributed by atoms with van der Waals surface area (Å²) in [6, 6.07) is 1.92. The molecule has 1 aromatic heterocycles. The Hall–Kier alpha value is -1.10. The lowest BCUT2D eigenvalue weighted by Crippen LogP contribution is -2.14. The van der Waals surface area contributed by atoms with E-state index in [0.717, 1.165) is 22.4 Å². The largest absolute Gasteiger partial charge is 0.477 e. The van der Waals surface area contributed by atoms with Crippen molar-refractivity contribution in [2.45, 2.75) is 20.8 Å². The molecule has 1 rings (SSSR count). The number of pyridine rings is 1. The van der Waals surface area contributed by atoms with Crippen LogP contribution in [0.4, 0.5) is 5.69 Å². The van der Waals surface area contributed by atoms with Gasteiger partial charge in [-0.15, -0.1) is 0 Å². The third kappa shape index (κ3) is 4.00.